The highest BCUT2D eigenvalue weighted by Gasteiger charge is 2.39. The normalized spacial score (nSPS) is 13.2. The highest BCUT2D eigenvalue weighted by molar-refractivity contribution is 4.81. The van der Waals surface area contributed by atoms with Gasteiger partial charge in [-0.05, 0) is 32.1 Å². The lowest BCUT2D eigenvalue weighted by Gasteiger charge is -2.41. The molecule has 0 heterocycles. The highest BCUT2D eigenvalue weighted by atomic mass is 16.7. The number of ether oxygens (including phenoxy) is 2. The summed E-state index contributed by atoms with van der Waals surface area (Å²) < 4.78 is 13.3. The molecule has 0 aliphatic carbocycles. The van der Waals surface area contributed by atoms with Crippen LogP contribution in [-0.4, -0.2) is 19.0 Å². The Kier molecular flexibility index (Phi) is 20.1. The van der Waals surface area contributed by atoms with Crippen molar-refractivity contribution in [3.8, 4) is 0 Å². The first-order valence-electron chi connectivity index (χ1n) is 13.0. The van der Waals surface area contributed by atoms with Gasteiger partial charge >= 0.3 is 0 Å². The van der Waals surface area contributed by atoms with E-state index in [0.29, 0.717) is 5.92 Å². The summed E-state index contributed by atoms with van der Waals surface area (Å²) >= 11 is 0. The van der Waals surface area contributed by atoms with Crippen LogP contribution in [0.1, 0.15) is 144 Å². The molecule has 0 bridgehead atoms. The summed E-state index contributed by atoms with van der Waals surface area (Å²) in [6.07, 6.45) is 21.5. The van der Waals surface area contributed by atoms with E-state index in [1.807, 2.05) is 0 Å². The molecule has 0 aromatic rings. The summed E-state index contributed by atoms with van der Waals surface area (Å²) in [4.78, 5) is 0. The number of hydrogen-bond acceptors (Lipinski definition) is 2. The third-order valence-electron chi connectivity index (χ3n) is 6.00. The average molecular weight is 399 g/mol. The lowest BCUT2D eigenvalue weighted by atomic mass is 9.84. The molecule has 0 aliphatic rings. The Morgan fingerprint density at radius 2 is 0.964 bits per heavy atom. The SMILES string of the molecule is CCCCCCCCC(CCCC)C(CCCC)(OCCCC)OCCCC. The molecular formula is C26H54O2. The van der Waals surface area contributed by atoms with Gasteiger partial charge in [-0.3, -0.25) is 0 Å². The second-order valence-electron chi connectivity index (χ2n) is 8.72. The fourth-order valence-corrected chi connectivity index (χ4v) is 4.03. The van der Waals surface area contributed by atoms with Crippen LogP contribution in [0.4, 0.5) is 0 Å². The van der Waals surface area contributed by atoms with Crippen LogP contribution in [0.15, 0.2) is 0 Å². The van der Waals surface area contributed by atoms with Crippen LogP contribution in [0.3, 0.4) is 0 Å². The first-order valence-corrected chi connectivity index (χ1v) is 13.0. The minimum Gasteiger partial charge on any atom is -0.350 e. The highest BCUT2D eigenvalue weighted by Crippen LogP contribution is 2.37. The Morgan fingerprint density at radius 1 is 0.500 bits per heavy atom. The topological polar surface area (TPSA) is 18.5 Å². The van der Waals surface area contributed by atoms with Gasteiger partial charge in [0.05, 0.1) is 13.2 Å². The third-order valence-corrected chi connectivity index (χ3v) is 6.00. The van der Waals surface area contributed by atoms with Gasteiger partial charge in [0.2, 0.25) is 0 Å². The molecule has 1 atom stereocenters. The molecule has 2 nitrogen and oxygen atoms in total. The van der Waals surface area contributed by atoms with Gasteiger partial charge in [0.1, 0.15) is 0 Å². The summed E-state index contributed by atoms with van der Waals surface area (Å²) in [6, 6.07) is 0. The minimum atomic E-state index is -0.334. The molecule has 0 aliphatic heterocycles. The summed E-state index contributed by atoms with van der Waals surface area (Å²) in [6.45, 7) is 13.1. The van der Waals surface area contributed by atoms with Gasteiger partial charge in [0, 0.05) is 12.3 Å². The average Bonchev–Trinajstić information content (AvgIpc) is 2.71. The van der Waals surface area contributed by atoms with Crippen LogP contribution >= 0.6 is 0 Å². The van der Waals surface area contributed by atoms with Gasteiger partial charge < -0.3 is 9.47 Å². The zero-order chi connectivity index (χ0) is 20.9. The Labute approximate surface area is 178 Å². The number of hydrogen-bond donors (Lipinski definition) is 0. The maximum atomic E-state index is 6.65. The lowest BCUT2D eigenvalue weighted by molar-refractivity contribution is -0.275. The summed E-state index contributed by atoms with van der Waals surface area (Å²) in [5.41, 5.74) is 0. The summed E-state index contributed by atoms with van der Waals surface area (Å²) in [5.74, 6) is 0.220. The molecule has 0 rings (SSSR count). The van der Waals surface area contributed by atoms with Crippen LogP contribution in [0.5, 0.6) is 0 Å². The zero-order valence-electron chi connectivity index (χ0n) is 20.3. The fraction of sp³-hybridized carbons (Fsp3) is 1.00. The largest absolute Gasteiger partial charge is 0.350 e. The van der Waals surface area contributed by atoms with Crippen molar-refractivity contribution in [2.45, 2.75) is 150 Å². The molecule has 0 amide bonds. The minimum absolute atomic E-state index is 0.334. The van der Waals surface area contributed by atoms with E-state index in [1.54, 1.807) is 0 Å². The molecule has 0 aromatic heterocycles. The first kappa shape index (κ1) is 27.9. The predicted molar refractivity (Wildman–Crippen MR) is 125 cm³/mol. The van der Waals surface area contributed by atoms with Crippen LogP contribution in [-0.2, 0) is 9.47 Å². The van der Waals surface area contributed by atoms with Gasteiger partial charge in [-0.1, -0.05) is 105 Å². The van der Waals surface area contributed by atoms with Gasteiger partial charge in [-0.2, -0.15) is 0 Å². The van der Waals surface area contributed by atoms with Crippen LogP contribution in [0.2, 0.25) is 0 Å². The van der Waals surface area contributed by atoms with Gasteiger partial charge in [0.25, 0.3) is 0 Å². The molecule has 0 spiro atoms. The van der Waals surface area contributed by atoms with Crippen molar-refractivity contribution >= 4 is 0 Å². The van der Waals surface area contributed by atoms with E-state index in [2.05, 4.69) is 34.6 Å². The van der Waals surface area contributed by atoms with Crippen molar-refractivity contribution in [1.82, 2.24) is 0 Å². The van der Waals surface area contributed by atoms with E-state index >= 15 is 0 Å². The van der Waals surface area contributed by atoms with Crippen LogP contribution in [0.25, 0.3) is 0 Å². The molecule has 0 fully saturated rings. The van der Waals surface area contributed by atoms with Crippen molar-refractivity contribution in [3.63, 3.8) is 0 Å². The first-order chi connectivity index (χ1) is 13.7. The number of unbranched alkanes of at least 4 members (excludes halogenated alkanes) is 9. The molecule has 0 radical (unpaired) electrons. The maximum absolute atomic E-state index is 6.65. The molecule has 170 valence electrons. The van der Waals surface area contributed by atoms with Crippen molar-refractivity contribution in [3.05, 3.63) is 0 Å². The molecule has 1 unspecified atom stereocenters. The van der Waals surface area contributed by atoms with Crippen molar-refractivity contribution in [2.24, 2.45) is 5.92 Å². The Hall–Kier alpha value is -0.0800. The van der Waals surface area contributed by atoms with E-state index in [9.17, 15) is 0 Å². The van der Waals surface area contributed by atoms with Gasteiger partial charge in [-0.15, -0.1) is 0 Å². The van der Waals surface area contributed by atoms with Crippen molar-refractivity contribution < 1.29 is 9.47 Å². The van der Waals surface area contributed by atoms with E-state index < -0.39 is 0 Å². The second-order valence-corrected chi connectivity index (χ2v) is 8.72. The standard InChI is InChI=1S/C26H54O2/c1-6-11-16-17-18-19-21-25(20-12-7-2)26(22-13-8-3,27-23-14-9-4)28-24-15-10-5/h25H,6-24H2,1-5H3. The van der Waals surface area contributed by atoms with E-state index in [4.69, 9.17) is 9.47 Å². The second kappa shape index (κ2) is 20.2. The smallest absolute Gasteiger partial charge is 0.171 e. The van der Waals surface area contributed by atoms with Gasteiger partial charge in [0.15, 0.2) is 5.79 Å². The molecule has 2 heteroatoms. The Bertz CT molecular complexity index is 293. The fourth-order valence-electron chi connectivity index (χ4n) is 4.03. The summed E-state index contributed by atoms with van der Waals surface area (Å²) in [7, 11) is 0. The molecule has 0 aromatic carbocycles. The Morgan fingerprint density at radius 3 is 1.50 bits per heavy atom. The molecule has 0 saturated heterocycles. The molecule has 0 saturated carbocycles. The Balaban J connectivity index is 5.11. The van der Waals surface area contributed by atoms with Crippen molar-refractivity contribution in [2.75, 3.05) is 13.2 Å². The zero-order valence-corrected chi connectivity index (χ0v) is 20.3. The number of rotatable bonds is 22. The van der Waals surface area contributed by atoms with Gasteiger partial charge in [-0.25, -0.2) is 0 Å². The van der Waals surface area contributed by atoms with Crippen LogP contribution < -0.4 is 0 Å². The predicted octanol–water partition coefficient (Wildman–Crippen LogP) is 9.06. The third kappa shape index (κ3) is 13.2. The molecule has 0 N–H and O–H groups in total. The summed E-state index contributed by atoms with van der Waals surface area (Å²) in [5, 5.41) is 0. The maximum Gasteiger partial charge on any atom is 0.171 e. The lowest BCUT2D eigenvalue weighted by Crippen LogP contribution is -2.44. The monoisotopic (exact) mass is 398 g/mol. The van der Waals surface area contributed by atoms with Crippen LogP contribution in [0, 0.1) is 5.92 Å². The van der Waals surface area contributed by atoms with E-state index in [1.165, 1.54) is 89.9 Å². The molecule has 28 heavy (non-hydrogen) atoms. The molecular weight excluding hydrogens is 344 g/mol. The quantitative estimate of drug-likeness (QED) is 0.134. The van der Waals surface area contributed by atoms with E-state index in [0.717, 1.165) is 32.5 Å². The van der Waals surface area contributed by atoms with E-state index in [-0.39, 0.29) is 5.79 Å². The van der Waals surface area contributed by atoms with Crippen molar-refractivity contribution in [1.29, 1.82) is 0 Å².